The fourth-order valence-corrected chi connectivity index (χ4v) is 1.45. The lowest BCUT2D eigenvalue weighted by atomic mass is 10.2. The van der Waals surface area contributed by atoms with Crippen molar-refractivity contribution in [2.75, 3.05) is 13.2 Å². The summed E-state index contributed by atoms with van der Waals surface area (Å²) in [5, 5.41) is 13.3. The van der Waals surface area contributed by atoms with Crippen molar-refractivity contribution < 1.29 is 19.2 Å². The summed E-state index contributed by atoms with van der Waals surface area (Å²) in [6, 6.07) is 3.49. The number of ether oxygens (including phenoxy) is 1. The summed E-state index contributed by atoms with van der Waals surface area (Å²) in [4.78, 5) is 33.0. The molecule has 0 aromatic heterocycles. The van der Waals surface area contributed by atoms with Crippen molar-refractivity contribution in [3.63, 3.8) is 0 Å². The van der Waals surface area contributed by atoms with Crippen molar-refractivity contribution in [3.8, 4) is 0 Å². The molecule has 8 heteroatoms. The first-order valence-corrected chi connectivity index (χ1v) is 5.82. The van der Waals surface area contributed by atoms with Gasteiger partial charge in [0.05, 0.1) is 4.92 Å². The topological polar surface area (TPSA) is 98.5 Å². The molecule has 7 nitrogen and oxygen atoms in total. The average Bonchev–Trinajstić information content (AvgIpc) is 2.41. The molecule has 1 N–H and O–H groups in total. The fourth-order valence-electron chi connectivity index (χ4n) is 1.28. The number of hydrogen-bond donors (Lipinski definition) is 1. The van der Waals surface area contributed by atoms with E-state index >= 15 is 0 Å². The van der Waals surface area contributed by atoms with Crippen molar-refractivity contribution in [2.45, 2.75) is 0 Å². The Morgan fingerprint density at radius 1 is 1.50 bits per heavy atom. The van der Waals surface area contributed by atoms with Crippen molar-refractivity contribution in [2.24, 2.45) is 0 Å². The van der Waals surface area contributed by atoms with Gasteiger partial charge in [-0.3, -0.25) is 14.9 Å². The number of benzene rings is 1. The highest BCUT2D eigenvalue weighted by molar-refractivity contribution is 6.31. The van der Waals surface area contributed by atoms with E-state index in [0.717, 1.165) is 12.1 Å². The Kier molecular flexibility index (Phi) is 5.67. The molecule has 1 rings (SSSR count). The molecular formula is C12H11ClN2O5. The Balaban J connectivity index is 2.77. The number of nitro benzene ring substituents is 1. The van der Waals surface area contributed by atoms with Gasteiger partial charge in [0.25, 0.3) is 11.6 Å². The van der Waals surface area contributed by atoms with E-state index in [2.05, 4.69) is 16.6 Å². The Morgan fingerprint density at radius 2 is 2.20 bits per heavy atom. The number of carbonyl (C=O) groups is 2. The number of nitrogens with one attached hydrogen (secondary N) is 1. The summed E-state index contributed by atoms with van der Waals surface area (Å²) >= 11 is 5.68. The van der Waals surface area contributed by atoms with Gasteiger partial charge in [0.1, 0.15) is 5.56 Å². The maximum Gasteiger partial charge on any atom is 0.345 e. The highest BCUT2D eigenvalue weighted by atomic mass is 35.5. The van der Waals surface area contributed by atoms with Gasteiger partial charge in [-0.25, -0.2) is 4.79 Å². The second kappa shape index (κ2) is 7.25. The van der Waals surface area contributed by atoms with E-state index in [0.29, 0.717) is 0 Å². The van der Waals surface area contributed by atoms with Crippen LogP contribution in [0.25, 0.3) is 0 Å². The first-order chi connectivity index (χ1) is 9.45. The number of carbonyl (C=O) groups excluding carboxylic acids is 2. The monoisotopic (exact) mass is 298 g/mol. The molecule has 0 heterocycles. The number of nitro groups is 1. The van der Waals surface area contributed by atoms with Crippen LogP contribution in [0.2, 0.25) is 5.02 Å². The second-order valence-corrected chi connectivity index (χ2v) is 4.02. The summed E-state index contributed by atoms with van der Waals surface area (Å²) in [6.45, 7) is 3.09. The second-order valence-electron chi connectivity index (χ2n) is 3.59. The van der Waals surface area contributed by atoms with Gasteiger partial charge in [-0.2, -0.15) is 0 Å². The maximum atomic E-state index is 11.7. The number of hydrogen-bond acceptors (Lipinski definition) is 5. The zero-order valence-electron chi connectivity index (χ0n) is 10.3. The van der Waals surface area contributed by atoms with Crippen molar-refractivity contribution in [1.29, 1.82) is 0 Å². The third kappa shape index (κ3) is 4.36. The molecule has 0 unspecified atom stereocenters. The summed E-state index contributed by atoms with van der Waals surface area (Å²) in [6.07, 6.45) is 1.46. The summed E-state index contributed by atoms with van der Waals surface area (Å²) in [5.41, 5.74) is -0.745. The smallest absolute Gasteiger partial charge is 0.345 e. The van der Waals surface area contributed by atoms with E-state index in [4.69, 9.17) is 11.6 Å². The SMILES string of the molecule is C=CCNC(=O)COC(=O)c1cc(Cl)ccc1[N+](=O)[O-]. The molecule has 20 heavy (non-hydrogen) atoms. The van der Waals surface area contributed by atoms with Gasteiger partial charge in [-0.15, -0.1) is 6.58 Å². The highest BCUT2D eigenvalue weighted by Gasteiger charge is 2.22. The number of rotatable bonds is 6. The zero-order valence-corrected chi connectivity index (χ0v) is 11.1. The van der Waals surface area contributed by atoms with Crippen molar-refractivity contribution in [1.82, 2.24) is 5.32 Å². The third-order valence-electron chi connectivity index (χ3n) is 2.15. The molecule has 0 spiro atoms. The molecule has 0 radical (unpaired) electrons. The largest absolute Gasteiger partial charge is 0.452 e. The van der Waals surface area contributed by atoms with E-state index in [1.807, 2.05) is 0 Å². The fraction of sp³-hybridized carbons (Fsp3) is 0.167. The summed E-state index contributed by atoms with van der Waals surface area (Å²) in [5.74, 6) is -1.53. The van der Waals surface area contributed by atoms with Crippen LogP contribution in [0, 0.1) is 10.1 Å². The highest BCUT2D eigenvalue weighted by Crippen LogP contribution is 2.23. The molecule has 0 bridgehead atoms. The van der Waals surface area contributed by atoms with Crippen LogP contribution in [0.15, 0.2) is 30.9 Å². The summed E-state index contributed by atoms with van der Waals surface area (Å²) in [7, 11) is 0. The summed E-state index contributed by atoms with van der Waals surface area (Å²) < 4.78 is 4.68. The maximum absolute atomic E-state index is 11.7. The number of amides is 1. The standard InChI is InChI=1S/C12H11ClN2O5/c1-2-5-14-11(16)7-20-12(17)9-6-8(13)3-4-10(9)15(18)19/h2-4,6H,1,5,7H2,(H,14,16). The van der Waals surface area contributed by atoms with E-state index in [1.54, 1.807) is 0 Å². The van der Waals surface area contributed by atoms with Crippen LogP contribution >= 0.6 is 11.6 Å². The normalized spacial score (nSPS) is 9.65. The molecule has 106 valence electrons. The van der Waals surface area contributed by atoms with Gasteiger partial charge in [0, 0.05) is 17.6 Å². The minimum absolute atomic E-state index is 0.152. The van der Waals surface area contributed by atoms with Crippen LogP contribution in [-0.4, -0.2) is 30.0 Å². The number of esters is 1. The molecule has 0 saturated heterocycles. The molecule has 0 aliphatic carbocycles. The number of halogens is 1. The van der Waals surface area contributed by atoms with Gasteiger partial charge in [-0.05, 0) is 12.1 Å². The van der Waals surface area contributed by atoms with Crippen LogP contribution in [-0.2, 0) is 9.53 Å². The molecule has 1 aromatic carbocycles. The Hall–Kier alpha value is -2.41. The zero-order chi connectivity index (χ0) is 15.1. The predicted octanol–water partition coefficient (Wildman–Crippen LogP) is 1.71. The van der Waals surface area contributed by atoms with Gasteiger partial charge >= 0.3 is 5.97 Å². The van der Waals surface area contributed by atoms with Gasteiger partial charge < -0.3 is 10.1 Å². The van der Waals surface area contributed by atoms with Crippen LogP contribution in [0.5, 0.6) is 0 Å². The molecule has 0 fully saturated rings. The quantitative estimate of drug-likeness (QED) is 0.373. The average molecular weight is 299 g/mol. The minimum atomic E-state index is -0.993. The molecule has 0 aliphatic heterocycles. The van der Waals surface area contributed by atoms with Gasteiger partial charge in [0.15, 0.2) is 6.61 Å². The van der Waals surface area contributed by atoms with Gasteiger partial charge in [0.2, 0.25) is 0 Å². The third-order valence-corrected chi connectivity index (χ3v) is 2.39. The minimum Gasteiger partial charge on any atom is -0.452 e. The van der Waals surface area contributed by atoms with Crippen LogP contribution in [0.3, 0.4) is 0 Å². The molecule has 0 saturated carbocycles. The molecule has 0 atom stereocenters. The lowest BCUT2D eigenvalue weighted by molar-refractivity contribution is -0.385. The Labute approximate surface area is 119 Å². The van der Waals surface area contributed by atoms with Crippen LogP contribution in [0.1, 0.15) is 10.4 Å². The molecular weight excluding hydrogens is 288 g/mol. The van der Waals surface area contributed by atoms with E-state index in [1.165, 1.54) is 12.1 Å². The van der Waals surface area contributed by atoms with Crippen molar-refractivity contribution >= 4 is 29.2 Å². The van der Waals surface area contributed by atoms with Crippen LogP contribution in [0.4, 0.5) is 5.69 Å². The lowest BCUT2D eigenvalue weighted by Gasteiger charge is -2.05. The lowest BCUT2D eigenvalue weighted by Crippen LogP contribution is -2.28. The van der Waals surface area contributed by atoms with E-state index in [-0.39, 0.29) is 17.1 Å². The van der Waals surface area contributed by atoms with E-state index < -0.39 is 29.1 Å². The molecule has 1 amide bonds. The molecule has 1 aromatic rings. The number of nitrogens with zero attached hydrogens (tertiary/aromatic N) is 1. The van der Waals surface area contributed by atoms with Gasteiger partial charge in [-0.1, -0.05) is 17.7 Å². The first-order valence-electron chi connectivity index (χ1n) is 5.44. The Bertz CT molecular complexity index is 559. The molecule has 0 aliphatic rings. The van der Waals surface area contributed by atoms with Crippen molar-refractivity contribution in [3.05, 3.63) is 51.6 Å². The Morgan fingerprint density at radius 3 is 2.80 bits per heavy atom. The van der Waals surface area contributed by atoms with E-state index in [9.17, 15) is 19.7 Å². The predicted molar refractivity (Wildman–Crippen MR) is 71.6 cm³/mol. The van der Waals surface area contributed by atoms with Crippen LogP contribution < -0.4 is 5.32 Å². The first kappa shape index (κ1) is 15.6.